The minimum Gasteiger partial charge on any atom is -0.342 e. The SMILES string of the molecule is O=C(NC1C=NN(Cc2ccccc2)C1)c1ccc2c(c1)CCNC2. The van der Waals surface area contributed by atoms with Crippen LogP contribution in [0.1, 0.15) is 27.0 Å². The largest absolute Gasteiger partial charge is 0.342 e. The smallest absolute Gasteiger partial charge is 0.251 e. The van der Waals surface area contributed by atoms with Crippen molar-refractivity contribution >= 4 is 12.1 Å². The number of carbonyl (C=O) groups is 1. The van der Waals surface area contributed by atoms with Gasteiger partial charge in [-0.3, -0.25) is 9.80 Å². The first kappa shape index (κ1) is 15.8. The molecule has 0 spiro atoms. The summed E-state index contributed by atoms with van der Waals surface area (Å²) >= 11 is 0. The highest BCUT2D eigenvalue weighted by Gasteiger charge is 2.21. The fourth-order valence-corrected chi connectivity index (χ4v) is 3.35. The first-order valence-electron chi connectivity index (χ1n) is 8.74. The highest BCUT2D eigenvalue weighted by atomic mass is 16.1. The number of hydrazone groups is 1. The Morgan fingerprint density at radius 2 is 2.08 bits per heavy atom. The number of hydrogen-bond donors (Lipinski definition) is 2. The van der Waals surface area contributed by atoms with Crippen LogP contribution in [0.3, 0.4) is 0 Å². The summed E-state index contributed by atoms with van der Waals surface area (Å²) in [6, 6.07) is 16.2. The Morgan fingerprint density at radius 3 is 2.96 bits per heavy atom. The van der Waals surface area contributed by atoms with Crippen molar-refractivity contribution in [1.29, 1.82) is 0 Å². The molecule has 2 aliphatic heterocycles. The van der Waals surface area contributed by atoms with Crippen molar-refractivity contribution in [2.45, 2.75) is 25.6 Å². The maximum atomic E-state index is 12.5. The van der Waals surface area contributed by atoms with Gasteiger partial charge in [-0.1, -0.05) is 36.4 Å². The summed E-state index contributed by atoms with van der Waals surface area (Å²) in [5.41, 5.74) is 4.52. The second-order valence-electron chi connectivity index (χ2n) is 6.59. The number of carbonyl (C=O) groups excluding carboxylic acids is 1. The van der Waals surface area contributed by atoms with Gasteiger partial charge in [-0.25, -0.2) is 0 Å². The minimum absolute atomic E-state index is 0.0284. The van der Waals surface area contributed by atoms with Crippen LogP contribution >= 0.6 is 0 Å². The first-order chi connectivity index (χ1) is 12.3. The molecule has 0 aliphatic carbocycles. The van der Waals surface area contributed by atoms with Gasteiger partial charge >= 0.3 is 0 Å². The van der Waals surface area contributed by atoms with Gasteiger partial charge in [0.25, 0.3) is 5.91 Å². The molecule has 1 atom stereocenters. The molecule has 0 aromatic heterocycles. The Kier molecular flexibility index (Phi) is 4.48. The third kappa shape index (κ3) is 3.72. The van der Waals surface area contributed by atoms with E-state index in [4.69, 9.17) is 0 Å². The van der Waals surface area contributed by atoms with Gasteiger partial charge in [-0.15, -0.1) is 0 Å². The highest BCUT2D eigenvalue weighted by Crippen LogP contribution is 2.16. The molecule has 0 saturated carbocycles. The summed E-state index contributed by atoms with van der Waals surface area (Å²) < 4.78 is 0. The molecule has 1 amide bonds. The lowest BCUT2D eigenvalue weighted by atomic mass is 9.98. The summed E-state index contributed by atoms with van der Waals surface area (Å²) in [7, 11) is 0. The van der Waals surface area contributed by atoms with E-state index in [2.05, 4.69) is 33.9 Å². The molecule has 2 heterocycles. The predicted molar refractivity (Wildman–Crippen MR) is 98.5 cm³/mol. The molecule has 1 unspecified atom stereocenters. The third-order valence-electron chi connectivity index (χ3n) is 4.70. The summed E-state index contributed by atoms with van der Waals surface area (Å²) in [6.07, 6.45) is 2.80. The van der Waals surface area contributed by atoms with Gasteiger partial charge in [-0.05, 0) is 41.8 Å². The van der Waals surface area contributed by atoms with Crippen molar-refractivity contribution in [3.63, 3.8) is 0 Å². The average Bonchev–Trinajstić information content (AvgIpc) is 3.09. The molecule has 0 fully saturated rings. The molecule has 2 aromatic carbocycles. The summed E-state index contributed by atoms with van der Waals surface area (Å²) in [4.78, 5) is 12.5. The monoisotopic (exact) mass is 334 g/mol. The maximum Gasteiger partial charge on any atom is 0.251 e. The molecule has 5 nitrogen and oxygen atoms in total. The lowest BCUT2D eigenvalue weighted by Gasteiger charge is -2.19. The number of fused-ring (bicyclic) bond motifs is 1. The molecule has 128 valence electrons. The van der Waals surface area contributed by atoms with Gasteiger partial charge in [0.15, 0.2) is 0 Å². The topological polar surface area (TPSA) is 56.7 Å². The van der Waals surface area contributed by atoms with Crippen LogP contribution in [0.15, 0.2) is 53.6 Å². The number of rotatable bonds is 4. The van der Waals surface area contributed by atoms with Crippen LogP contribution in [-0.2, 0) is 19.5 Å². The number of benzene rings is 2. The third-order valence-corrected chi connectivity index (χ3v) is 4.70. The normalized spacial score (nSPS) is 18.9. The molecule has 5 heteroatoms. The first-order valence-corrected chi connectivity index (χ1v) is 8.74. The number of nitrogens with zero attached hydrogens (tertiary/aromatic N) is 2. The number of amides is 1. The van der Waals surface area contributed by atoms with Crippen molar-refractivity contribution in [1.82, 2.24) is 15.6 Å². The van der Waals surface area contributed by atoms with Gasteiger partial charge in [0, 0.05) is 18.3 Å². The van der Waals surface area contributed by atoms with Crippen molar-refractivity contribution in [3.8, 4) is 0 Å². The lowest BCUT2D eigenvalue weighted by Crippen LogP contribution is -2.39. The van der Waals surface area contributed by atoms with Gasteiger partial charge in [-0.2, -0.15) is 5.10 Å². The maximum absolute atomic E-state index is 12.5. The van der Waals surface area contributed by atoms with E-state index in [0.29, 0.717) is 6.54 Å². The van der Waals surface area contributed by atoms with E-state index >= 15 is 0 Å². The van der Waals surface area contributed by atoms with Crippen LogP contribution in [0.4, 0.5) is 0 Å². The number of hydrogen-bond acceptors (Lipinski definition) is 4. The molecule has 4 rings (SSSR count). The van der Waals surface area contributed by atoms with E-state index in [0.717, 1.165) is 31.6 Å². The van der Waals surface area contributed by atoms with Crippen LogP contribution in [0.5, 0.6) is 0 Å². The molecule has 25 heavy (non-hydrogen) atoms. The van der Waals surface area contributed by atoms with Crippen molar-refractivity contribution in [2.24, 2.45) is 5.10 Å². The summed E-state index contributed by atoms with van der Waals surface area (Å²) in [6.45, 7) is 3.33. The Labute approximate surface area is 147 Å². The minimum atomic E-state index is -0.0473. The van der Waals surface area contributed by atoms with Crippen LogP contribution < -0.4 is 10.6 Å². The van der Waals surface area contributed by atoms with Gasteiger partial charge < -0.3 is 10.6 Å². The van der Waals surface area contributed by atoms with Crippen molar-refractivity contribution < 1.29 is 4.79 Å². The van der Waals surface area contributed by atoms with Gasteiger partial charge in [0.05, 0.1) is 19.1 Å². The Hall–Kier alpha value is -2.66. The predicted octanol–water partition coefficient (Wildman–Crippen LogP) is 1.93. The molecule has 0 bridgehead atoms. The van der Waals surface area contributed by atoms with E-state index in [1.165, 1.54) is 16.7 Å². The Morgan fingerprint density at radius 1 is 1.20 bits per heavy atom. The molecule has 0 radical (unpaired) electrons. The fraction of sp³-hybridized carbons (Fsp3) is 0.300. The summed E-state index contributed by atoms with van der Waals surface area (Å²) in [5, 5.41) is 12.8. The summed E-state index contributed by atoms with van der Waals surface area (Å²) in [5.74, 6) is -0.0284. The van der Waals surface area contributed by atoms with Gasteiger partial charge in [0.1, 0.15) is 0 Å². The van der Waals surface area contributed by atoms with E-state index in [1.807, 2.05) is 41.6 Å². The Balaban J connectivity index is 1.35. The van der Waals surface area contributed by atoms with Crippen molar-refractivity contribution in [3.05, 3.63) is 70.8 Å². The molecular formula is C20H22N4O. The highest BCUT2D eigenvalue weighted by molar-refractivity contribution is 5.96. The fourth-order valence-electron chi connectivity index (χ4n) is 3.35. The molecule has 0 saturated heterocycles. The molecular weight excluding hydrogens is 312 g/mol. The zero-order valence-corrected chi connectivity index (χ0v) is 14.1. The van der Waals surface area contributed by atoms with E-state index in [9.17, 15) is 4.79 Å². The van der Waals surface area contributed by atoms with E-state index < -0.39 is 0 Å². The van der Waals surface area contributed by atoms with Crippen LogP contribution in [0.2, 0.25) is 0 Å². The van der Waals surface area contributed by atoms with Crippen LogP contribution in [0.25, 0.3) is 0 Å². The van der Waals surface area contributed by atoms with Crippen molar-refractivity contribution in [2.75, 3.05) is 13.1 Å². The zero-order valence-electron chi connectivity index (χ0n) is 14.1. The van der Waals surface area contributed by atoms with E-state index in [1.54, 1.807) is 0 Å². The second-order valence-corrected chi connectivity index (χ2v) is 6.59. The quantitative estimate of drug-likeness (QED) is 0.898. The zero-order chi connectivity index (χ0) is 17.1. The second kappa shape index (κ2) is 7.07. The average molecular weight is 334 g/mol. The van der Waals surface area contributed by atoms with Crippen LogP contribution in [0, 0.1) is 0 Å². The van der Waals surface area contributed by atoms with E-state index in [-0.39, 0.29) is 11.9 Å². The molecule has 2 N–H and O–H groups in total. The van der Waals surface area contributed by atoms with Crippen LogP contribution in [-0.4, -0.2) is 36.3 Å². The lowest BCUT2D eigenvalue weighted by molar-refractivity contribution is 0.0943. The molecule has 2 aliphatic rings. The van der Waals surface area contributed by atoms with Gasteiger partial charge in [0.2, 0.25) is 0 Å². The standard InChI is InChI=1S/C20H22N4O/c25-20(17-6-7-18-11-21-9-8-16(18)10-17)23-19-12-22-24(14-19)13-15-4-2-1-3-5-15/h1-7,10,12,19,21H,8-9,11,13-14H2,(H,23,25). The Bertz CT molecular complexity index is 788. The molecule has 2 aromatic rings. The number of nitrogens with one attached hydrogen (secondary N) is 2.